The van der Waals surface area contributed by atoms with E-state index in [1.54, 1.807) is 6.92 Å². The standard InChI is InChI=1S/C15H12BrClO5S/c1-2-21-14-8-10(9-18)7-13(16)15(14)22-23(19,20)12-5-3-11(17)4-6-12/h3-9H,2H2,1H3. The minimum absolute atomic E-state index is 0.0209. The molecular formula is C15H12BrClO5S. The number of halogens is 2. The molecule has 0 unspecified atom stereocenters. The molecule has 2 aromatic carbocycles. The highest BCUT2D eigenvalue weighted by Gasteiger charge is 2.22. The molecule has 23 heavy (non-hydrogen) atoms. The van der Waals surface area contributed by atoms with Crippen molar-refractivity contribution in [3.05, 3.63) is 51.5 Å². The summed E-state index contributed by atoms with van der Waals surface area (Å²) in [5.74, 6) is 0.133. The van der Waals surface area contributed by atoms with Crippen LogP contribution in [0.4, 0.5) is 0 Å². The molecule has 0 aliphatic carbocycles. The summed E-state index contributed by atoms with van der Waals surface area (Å²) in [6, 6.07) is 8.44. The van der Waals surface area contributed by atoms with Crippen LogP contribution in [0, 0.1) is 0 Å². The average Bonchev–Trinajstić information content (AvgIpc) is 2.51. The minimum atomic E-state index is -4.07. The Morgan fingerprint density at radius 3 is 2.43 bits per heavy atom. The Bertz CT molecular complexity index is 819. The zero-order valence-corrected chi connectivity index (χ0v) is 15.1. The molecule has 0 spiro atoms. The van der Waals surface area contributed by atoms with Gasteiger partial charge in [-0.05, 0) is 59.3 Å². The van der Waals surface area contributed by atoms with E-state index >= 15 is 0 Å². The molecule has 0 aliphatic heterocycles. The highest BCUT2D eigenvalue weighted by molar-refractivity contribution is 9.10. The molecular weight excluding hydrogens is 408 g/mol. The van der Waals surface area contributed by atoms with E-state index in [2.05, 4.69) is 15.9 Å². The second kappa shape index (κ2) is 7.33. The van der Waals surface area contributed by atoms with Crippen molar-refractivity contribution in [1.29, 1.82) is 0 Å². The quantitative estimate of drug-likeness (QED) is 0.521. The number of hydrogen-bond donors (Lipinski definition) is 0. The maximum absolute atomic E-state index is 12.4. The van der Waals surface area contributed by atoms with Crippen LogP contribution in [0.3, 0.4) is 0 Å². The Kier molecular flexibility index (Phi) is 5.67. The number of benzene rings is 2. The molecule has 0 radical (unpaired) electrons. The smallest absolute Gasteiger partial charge is 0.339 e. The molecule has 0 heterocycles. The maximum atomic E-state index is 12.4. The van der Waals surface area contributed by atoms with Crippen molar-refractivity contribution in [2.45, 2.75) is 11.8 Å². The predicted octanol–water partition coefficient (Wildman–Crippen LogP) is 4.08. The summed E-state index contributed by atoms with van der Waals surface area (Å²) in [5, 5.41) is 0.412. The number of ether oxygens (including phenoxy) is 1. The van der Waals surface area contributed by atoms with Gasteiger partial charge in [-0.1, -0.05) is 11.6 Å². The van der Waals surface area contributed by atoms with Gasteiger partial charge in [-0.2, -0.15) is 8.42 Å². The molecule has 8 heteroatoms. The highest BCUT2D eigenvalue weighted by Crippen LogP contribution is 2.38. The van der Waals surface area contributed by atoms with Gasteiger partial charge in [-0.15, -0.1) is 0 Å². The molecule has 0 atom stereocenters. The molecule has 0 bridgehead atoms. The predicted molar refractivity (Wildman–Crippen MR) is 90.0 cm³/mol. The monoisotopic (exact) mass is 418 g/mol. The van der Waals surface area contributed by atoms with Gasteiger partial charge in [0.2, 0.25) is 0 Å². The van der Waals surface area contributed by atoms with Gasteiger partial charge in [0.05, 0.1) is 11.1 Å². The first-order valence-corrected chi connectivity index (χ1v) is 9.07. The van der Waals surface area contributed by atoms with E-state index < -0.39 is 10.1 Å². The van der Waals surface area contributed by atoms with Crippen molar-refractivity contribution in [2.24, 2.45) is 0 Å². The summed E-state index contributed by atoms with van der Waals surface area (Å²) in [7, 11) is -4.07. The third-order valence-corrected chi connectivity index (χ3v) is 4.84. The van der Waals surface area contributed by atoms with Gasteiger partial charge < -0.3 is 8.92 Å². The Morgan fingerprint density at radius 2 is 1.87 bits per heavy atom. The fourth-order valence-electron chi connectivity index (χ4n) is 1.76. The van der Waals surface area contributed by atoms with E-state index in [1.165, 1.54) is 36.4 Å². The summed E-state index contributed by atoms with van der Waals surface area (Å²) >= 11 is 8.95. The molecule has 0 aliphatic rings. The lowest BCUT2D eigenvalue weighted by Crippen LogP contribution is -2.11. The first-order valence-electron chi connectivity index (χ1n) is 6.49. The van der Waals surface area contributed by atoms with E-state index in [4.69, 9.17) is 20.5 Å². The van der Waals surface area contributed by atoms with Crippen molar-refractivity contribution in [1.82, 2.24) is 0 Å². The largest absolute Gasteiger partial charge is 0.490 e. The van der Waals surface area contributed by atoms with Crippen LogP contribution in [0.5, 0.6) is 11.5 Å². The summed E-state index contributed by atoms with van der Waals surface area (Å²) in [4.78, 5) is 10.9. The van der Waals surface area contributed by atoms with Crippen molar-refractivity contribution < 1.29 is 22.1 Å². The van der Waals surface area contributed by atoms with Crippen LogP contribution in [0.2, 0.25) is 5.02 Å². The minimum Gasteiger partial charge on any atom is -0.490 e. The van der Waals surface area contributed by atoms with Gasteiger partial charge in [0, 0.05) is 10.6 Å². The Morgan fingerprint density at radius 1 is 1.22 bits per heavy atom. The second-order valence-electron chi connectivity index (χ2n) is 4.37. The molecule has 122 valence electrons. The van der Waals surface area contributed by atoms with Gasteiger partial charge in [0.15, 0.2) is 11.5 Å². The molecule has 0 aromatic heterocycles. The van der Waals surface area contributed by atoms with Gasteiger partial charge in [0.25, 0.3) is 0 Å². The summed E-state index contributed by atoms with van der Waals surface area (Å²) < 4.78 is 35.6. The van der Waals surface area contributed by atoms with E-state index in [9.17, 15) is 13.2 Å². The first kappa shape index (κ1) is 17.8. The fourth-order valence-corrected chi connectivity index (χ4v) is 3.49. The maximum Gasteiger partial charge on any atom is 0.339 e. The van der Waals surface area contributed by atoms with Gasteiger partial charge in [-0.3, -0.25) is 4.79 Å². The van der Waals surface area contributed by atoms with E-state index in [0.29, 0.717) is 21.3 Å². The Hall–Kier alpha value is -1.57. The summed E-state index contributed by atoms with van der Waals surface area (Å²) in [6.45, 7) is 2.02. The average molecular weight is 420 g/mol. The molecule has 0 fully saturated rings. The highest BCUT2D eigenvalue weighted by atomic mass is 79.9. The van der Waals surface area contributed by atoms with Crippen molar-refractivity contribution >= 4 is 43.9 Å². The van der Waals surface area contributed by atoms with Crippen molar-refractivity contribution in [3.8, 4) is 11.5 Å². The Labute approximate surface area is 147 Å². The molecule has 0 N–H and O–H groups in total. The molecule has 2 aromatic rings. The van der Waals surface area contributed by atoms with Crippen LogP contribution in [0.15, 0.2) is 45.8 Å². The van der Waals surface area contributed by atoms with E-state index in [1.807, 2.05) is 0 Å². The molecule has 0 saturated heterocycles. The molecule has 5 nitrogen and oxygen atoms in total. The number of carbonyl (C=O) groups is 1. The normalized spacial score (nSPS) is 11.1. The van der Waals surface area contributed by atoms with Gasteiger partial charge in [-0.25, -0.2) is 0 Å². The summed E-state index contributed by atoms with van der Waals surface area (Å²) in [5.41, 5.74) is 0.330. The van der Waals surface area contributed by atoms with E-state index in [-0.39, 0.29) is 23.0 Å². The molecule has 2 rings (SSSR count). The SMILES string of the molecule is CCOc1cc(C=O)cc(Br)c1OS(=O)(=O)c1ccc(Cl)cc1. The lowest BCUT2D eigenvalue weighted by Gasteiger charge is -2.14. The topological polar surface area (TPSA) is 69.7 Å². The lowest BCUT2D eigenvalue weighted by molar-refractivity contribution is 0.112. The third kappa shape index (κ3) is 4.25. The summed E-state index contributed by atoms with van der Waals surface area (Å²) in [6.07, 6.45) is 0.630. The van der Waals surface area contributed by atoms with Crippen LogP contribution in [-0.4, -0.2) is 21.3 Å². The lowest BCUT2D eigenvalue weighted by atomic mass is 10.2. The fraction of sp³-hybridized carbons (Fsp3) is 0.133. The number of aldehydes is 1. The van der Waals surface area contributed by atoms with Crippen LogP contribution < -0.4 is 8.92 Å². The van der Waals surface area contributed by atoms with Crippen molar-refractivity contribution in [2.75, 3.05) is 6.61 Å². The van der Waals surface area contributed by atoms with Crippen LogP contribution in [0.25, 0.3) is 0 Å². The molecule has 0 saturated carbocycles. The zero-order valence-electron chi connectivity index (χ0n) is 12.0. The zero-order chi connectivity index (χ0) is 17.0. The second-order valence-corrected chi connectivity index (χ2v) is 7.21. The van der Waals surface area contributed by atoms with Gasteiger partial charge in [0.1, 0.15) is 11.2 Å². The van der Waals surface area contributed by atoms with Crippen molar-refractivity contribution in [3.63, 3.8) is 0 Å². The van der Waals surface area contributed by atoms with Gasteiger partial charge >= 0.3 is 10.1 Å². The number of rotatable bonds is 6. The Balaban J connectivity index is 2.45. The van der Waals surface area contributed by atoms with E-state index in [0.717, 1.165) is 0 Å². The first-order chi connectivity index (χ1) is 10.9. The third-order valence-electron chi connectivity index (χ3n) is 2.76. The van der Waals surface area contributed by atoms with Crippen LogP contribution in [-0.2, 0) is 10.1 Å². The van der Waals surface area contributed by atoms with Crippen LogP contribution in [0.1, 0.15) is 17.3 Å². The van der Waals surface area contributed by atoms with Crippen LogP contribution >= 0.6 is 27.5 Å². The molecule has 0 amide bonds. The number of hydrogen-bond acceptors (Lipinski definition) is 5. The number of carbonyl (C=O) groups excluding carboxylic acids is 1.